The summed E-state index contributed by atoms with van der Waals surface area (Å²) in [6, 6.07) is 9.92. The fourth-order valence-electron chi connectivity index (χ4n) is 2.06. The van der Waals surface area contributed by atoms with Crippen molar-refractivity contribution in [3.8, 4) is 0 Å². The van der Waals surface area contributed by atoms with Crippen molar-refractivity contribution in [3.05, 3.63) is 35.9 Å². The van der Waals surface area contributed by atoms with E-state index < -0.39 is 12.4 Å². The van der Waals surface area contributed by atoms with E-state index in [1.54, 1.807) is 7.11 Å². The molecule has 18 heavy (non-hydrogen) atoms. The van der Waals surface area contributed by atoms with Crippen LogP contribution >= 0.6 is 0 Å². The van der Waals surface area contributed by atoms with Gasteiger partial charge >= 0.3 is 0 Å². The molecule has 1 aromatic carbocycles. The summed E-state index contributed by atoms with van der Waals surface area (Å²) >= 11 is 0. The van der Waals surface area contributed by atoms with E-state index in [0.717, 1.165) is 5.56 Å². The maximum absolute atomic E-state index is 9.80. The van der Waals surface area contributed by atoms with E-state index in [4.69, 9.17) is 14.2 Å². The quantitative estimate of drug-likeness (QED) is 0.886. The average molecular weight is 252 g/mol. The first-order chi connectivity index (χ1) is 8.70. The first-order valence-corrected chi connectivity index (χ1v) is 6.22. The first-order valence-electron chi connectivity index (χ1n) is 6.22. The summed E-state index contributed by atoms with van der Waals surface area (Å²) in [4.78, 5) is 0. The summed E-state index contributed by atoms with van der Waals surface area (Å²) in [5.74, 6) is 0. The number of methoxy groups -OCH3 is 1. The van der Waals surface area contributed by atoms with Crippen LogP contribution < -0.4 is 0 Å². The second-order valence-electron chi connectivity index (χ2n) is 4.58. The Morgan fingerprint density at radius 3 is 2.72 bits per heavy atom. The molecule has 0 aliphatic carbocycles. The van der Waals surface area contributed by atoms with Gasteiger partial charge in [0.2, 0.25) is 0 Å². The highest BCUT2D eigenvalue weighted by atomic mass is 16.7. The van der Waals surface area contributed by atoms with Gasteiger partial charge in [0.25, 0.3) is 0 Å². The van der Waals surface area contributed by atoms with Crippen molar-refractivity contribution in [2.75, 3.05) is 7.11 Å². The van der Waals surface area contributed by atoms with Crippen LogP contribution in [-0.2, 0) is 20.8 Å². The Labute approximate surface area is 107 Å². The molecular formula is C14H20O4. The minimum Gasteiger partial charge on any atom is -0.390 e. The van der Waals surface area contributed by atoms with E-state index >= 15 is 0 Å². The van der Waals surface area contributed by atoms with Crippen LogP contribution in [0.4, 0.5) is 0 Å². The molecule has 4 heteroatoms. The summed E-state index contributed by atoms with van der Waals surface area (Å²) in [5.41, 5.74) is 1.10. The molecule has 1 aromatic rings. The van der Waals surface area contributed by atoms with Gasteiger partial charge in [-0.3, -0.25) is 0 Å². The van der Waals surface area contributed by atoms with Gasteiger partial charge in [-0.25, -0.2) is 0 Å². The molecule has 1 aliphatic rings. The average Bonchev–Trinajstić information content (AvgIpc) is 2.41. The zero-order valence-corrected chi connectivity index (χ0v) is 10.8. The molecule has 0 radical (unpaired) electrons. The number of rotatable bonds is 4. The van der Waals surface area contributed by atoms with Gasteiger partial charge in [0, 0.05) is 13.5 Å². The van der Waals surface area contributed by atoms with Gasteiger partial charge in [-0.2, -0.15) is 0 Å². The Kier molecular flexibility index (Phi) is 4.72. The Hall–Kier alpha value is -0.940. The Morgan fingerprint density at radius 1 is 1.33 bits per heavy atom. The number of aliphatic hydroxyl groups excluding tert-OH is 1. The summed E-state index contributed by atoms with van der Waals surface area (Å²) in [6.07, 6.45) is -0.829. The summed E-state index contributed by atoms with van der Waals surface area (Å²) in [5, 5.41) is 9.80. The maximum Gasteiger partial charge on any atom is 0.183 e. The minimum absolute atomic E-state index is 0.216. The Bertz CT molecular complexity index is 354. The molecule has 0 spiro atoms. The lowest BCUT2D eigenvalue weighted by atomic mass is 10.0. The lowest BCUT2D eigenvalue weighted by molar-refractivity contribution is -0.264. The van der Waals surface area contributed by atoms with Gasteiger partial charge in [-0.05, 0) is 12.5 Å². The third-order valence-corrected chi connectivity index (χ3v) is 3.21. The highest BCUT2D eigenvalue weighted by Gasteiger charge is 2.35. The molecule has 2 rings (SSSR count). The normalized spacial score (nSPS) is 32.4. The number of ether oxygens (including phenoxy) is 3. The van der Waals surface area contributed by atoms with Crippen LogP contribution in [0.15, 0.2) is 30.3 Å². The first kappa shape index (κ1) is 13.5. The highest BCUT2D eigenvalue weighted by molar-refractivity contribution is 5.13. The molecule has 0 amide bonds. The predicted molar refractivity (Wildman–Crippen MR) is 67.0 cm³/mol. The number of hydrogen-bond acceptors (Lipinski definition) is 4. The lowest BCUT2D eigenvalue weighted by Gasteiger charge is -2.37. The maximum atomic E-state index is 9.80. The molecule has 1 fully saturated rings. The van der Waals surface area contributed by atoms with Crippen LogP contribution in [0.2, 0.25) is 0 Å². The van der Waals surface area contributed by atoms with Crippen molar-refractivity contribution in [1.82, 2.24) is 0 Å². The van der Waals surface area contributed by atoms with Crippen LogP contribution in [-0.4, -0.2) is 36.8 Å². The van der Waals surface area contributed by atoms with Gasteiger partial charge in [0.15, 0.2) is 6.29 Å². The molecule has 0 aromatic heterocycles. The number of aliphatic hydroxyl groups is 1. The molecule has 1 aliphatic heterocycles. The van der Waals surface area contributed by atoms with E-state index in [1.807, 2.05) is 37.3 Å². The van der Waals surface area contributed by atoms with Crippen molar-refractivity contribution in [2.24, 2.45) is 0 Å². The molecule has 4 nitrogen and oxygen atoms in total. The van der Waals surface area contributed by atoms with E-state index in [2.05, 4.69) is 0 Å². The monoisotopic (exact) mass is 252 g/mol. The van der Waals surface area contributed by atoms with Crippen LogP contribution in [0, 0.1) is 0 Å². The second kappa shape index (κ2) is 6.29. The second-order valence-corrected chi connectivity index (χ2v) is 4.58. The van der Waals surface area contributed by atoms with Crippen LogP contribution in [0.3, 0.4) is 0 Å². The van der Waals surface area contributed by atoms with Crippen molar-refractivity contribution in [2.45, 2.75) is 44.6 Å². The standard InChI is InChI=1S/C14H20O4/c1-10-12(15)8-13(14(16-2)18-10)17-9-11-6-4-3-5-7-11/h3-7,10,12-15H,8-9H2,1-2H3/t10-,12+,13+,14+/m1/s1. The molecule has 4 atom stereocenters. The van der Waals surface area contributed by atoms with Gasteiger partial charge < -0.3 is 19.3 Å². The molecular weight excluding hydrogens is 232 g/mol. The minimum atomic E-state index is -0.503. The Balaban J connectivity index is 1.91. The summed E-state index contributed by atoms with van der Waals surface area (Å²) in [6.45, 7) is 2.33. The SMILES string of the molecule is CO[C@H]1O[C@H](C)[C@@H](O)C[C@@H]1OCc1ccccc1. The van der Waals surface area contributed by atoms with Crippen molar-refractivity contribution in [1.29, 1.82) is 0 Å². The molecule has 1 saturated heterocycles. The summed E-state index contributed by atoms with van der Waals surface area (Å²) < 4.78 is 16.6. The van der Waals surface area contributed by atoms with E-state index in [9.17, 15) is 5.11 Å². The smallest absolute Gasteiger partial charge is 0.183 e. The summed E-state index contributed by atoms with van der Waals surface area (Å²) in [7, 11) is 1.59. The zero-order valence-electron chi connectivity index (χ0n) is 10.8. The van der Waals surface area contributed by atoms with Crippen LogP contribution in [0.5, 0.6) is 0 Å². The van der Waals surface area contributed by atoms with E-state index in [0.29, 0.717) is 13.0 Å². The number of hydrogen-bond donors (Lipinski definition) is 1. The van der Waals surface area contributed by atoms with Crippen molar-refractivity contribution >= 4 is 0 Å². The highest BCUT2D eigenvalue weighted by Crippen LogP contribution is 2.23. The fourth-order valence-corrected chi connectivity index (χ4v) is 2.06. The van der Waals surface area contributed by atoms with Gasteiger partial charge in [0.05, 0.1) is 18.8 Å². The molecule has 1 N–H and O–H groups in total. The lowest BCUT2D eigenvalue weighted by Crippen LogP contribution is -2.47. The largest absolute Gasteiger partial charge is 0.390 e. The topological polar surface area (TPSA) is 47.9 Å². The van der Waals surface area contributed by atoms with Crippen LogP contribution in [0.25, 0.3) is 0 Å². The zero-order chi connectivity index (χ0) is 13.0. The van der Waals surface area contributed by atoms with Crippen LogP contribution in [0.1, 0.15) is 18.9 Å². The molecule has 1 heterocycles. The van der Waals surface area contributed by atoms with Crippen molar-refractivity contribution in [3.63, 3.8) is 0 Å². The number of benzene rings is 1. The van der Waals surface area contributed by atoms with Gasteiger partial charge in [-0.1, -0.05) is 30.3 Å². The molecule has 0 saturated carbocycles. The Morgan fingerprint density at radius 2 is 2.06 bits per heavy atom. The van der Waals surface area contributed by atoms with Gasteiger partial charge in [0.1, 0.15) is 6.10 Å². The molecule has 0 bridgehead atoms. The van der Waals surface area contributed by atoms with Gasteiger partial charge in [-0.15, -0.1) is 0 Å². The third-order valence-electron chi connectivity index (χ3n) is 3.21. The van der Waals surface area contributed by atoms with E-state index in [1.165, 1.54) is 0 Å². The van der Waals surface area contributed by atoms with E-state index in [-0.39, 0.29) is 12.2 Å². The molecule has 0 unspecified atom stereocenters. The predicted octanol–water partition coefficient (Wildman–Crippen LogP) is 1.71. The fraction of sp³-hybridized carbons (Fsp3) is 0.571. The molecule has 100 valence electrons. The van der Waals surface area contributed by atoms with Crippen molar-refractivity contribution < 1.29 is 19.3 Å². The third kappa shape index (κ3) is 3.29.